The van der Waals surface area contributed by atoms with Crippen LogP contribution in [0, 0.1) is 28.1 Å². The number of aliphatic imine (C=N–C) groups is 1. The zero-order chi connectivity index (χ0) is 22.1. The summed E-state index contributed by atoms with van der Waals surface area (Å²) in [6.07, 6.45) is -1.81. The summed E-state index contributed by atoms with van der Waals surface area (Å²) in [7, 11) is 1.70. The molecular weight excluding hydrogens is 393 g/mol. The van der Waals surface area contributed by atoms with Gasteiger partial charge in [-0.2, -0.15) is 18.4 Å². The lowest BCUT2D eigenvalue weighted by Crippen LogP contribution is -2.40. The molecule has 2 aliphatic rings. The van der Waals surface area contributed by atoms with E-state index in [2.05, 4.69) is 18.0 Å². The Morgan fingerprint density at radius 2 is 2.17 bits per heavy atom. The molecule has 3 N–H and O–H groups in total. The molecule has 1 saturated carbocycles. The van der Waals surface area contributed by atoms with E-state index >= 15 is 0 Å². The smallest absolute Gasteiger partial charge is 0.383 e. The number of hydrogen-bond donors (Lipinski definition) is 2. The van der Waals surface area contributed by atoms with Gasteiger partial charge in [-0.15, -0.1) is 0 Å². The van der Waals surface area contributed by atoms with Crippen LogP contribution in [0.15, 0.2) is 23.2 Å². The van der Waals surface area contributed by atoms with Gasteiger partial charge in [0.15, 0.2) is 0 Å². The predicted octanol–water partition coefficient (Wildman–Crippen LogP) is 4.70. The Morgan fingerprint density at radius 3 is 2.73 bits per heavy atom. The minimum Gasteiger partial charge on any atom is -0.383 e. The van der Waals surface area contributed by atoms with Gasteiger partial charge >= 0.3 is 6.18 Å². The van der Waals surface area contributed by atoms with Gasteiger partial charge in [-0.05, 0) is 54.9 Å². The summed E-state index contributed by atoms with van der Waals surface area (Å²) < 4.78 is 45.0. The molecule has 2 aliphatic carbocycles. The molecule has 5 nitrogen and oxygen atoms in total. The summed E-state index contributed by atoms with van der Waals surface area (Å²) in [5.41, 5.74) is 6.92. The van der Waals surface area contributed by atoms with E-state index in [0.717, 1.165) is 36.8 Å². The quantitative estimate of drug-likeness (QED) is 0.534. The molecule has 0 unspecified atom stereocenters. The second-order valence-corrected chi connectivity index (χ2v) is 8.43. The van der Waals surface area contributed by atoms with E-state index in [-0.39, 0.29) is 17.4 Å². The van der Waals surface area contributed by atoms with Crippen molar-refractivity contribution in [1.82, 2.24) is 0 Å². The molecule has 162 valence electrons. The lowest BCUT2D eigenvalue weighted by atomic mass is 9.64. The van der Waals surface area contributed by atoms with E-state index in [1.165, 1.54) is 0 Å². The first-order valence-corrected chi connectivity index (χ1v) is 10.2. The molecule has 0 heterocycles. The van der Waals surface area contributed by atoms with Crippen LogP contribution in [-0.4, -0.2) is 30.9 Å². The summed E-state index contributed by atoms with van der Waals surface area (Å²) in [6.45, 7) is 2.09. The van der Waals surface area contributed by atoms with Crippen molar-refractivity contribution in [1.29, 1.82) is 10.7 Å². The van der Waals surface area contributed by atoms with Gasteiger partial charge in [0.25, 0.3) is 0 Å². The normalized spacial score (nSPS) is 28.9. The Bertz CT molecular complexity index is 889. The number of nitrogens with zero attached hydrogens (tertiary/aromatic N) is 2. The standard InChI is InChI=1S/C22H27F3N4O/c1-3-14-9-21(7-6-18(14)30-2)10-15-5-4-13(12-26)8-16(15)19(21)29-17(20(27)28)11-22(23,24)25/h4-5,8,14,18-19H,3,6-7,9-11H2,1-2H3,(H3,27,28)/t14-,18-,19-,21-/m1/s1. The molecule has 1 aromatic rings. The van der Waals surface area contributed by atoms with Crippen LogP contribution in [0.2, 0.25) is 0 Å². The first-order valence-electron chi connectivity index (χ1n) is 10.2. The summed E-state index contributed by atoms with van der Waals surface area (Å²) >= 11 is 0. The number of nitrogens with two attached hydrogens (primary N) is 1. The zero-order valence-electron chi connectivity index (χ0n) is 17.2. The summed E-state index contributed by atoms with van der Waals surface area (Å²) in [4.78, 5) is 4.47. The number of alkyl halides is 3. The van der Waals surface area contributed by atoms with Crippen LogP contribution >= 0.6 is 0 Å². The van der Waals surface area contributed by atoms with Crippen LogP contribution in [0.25, 0.3) is 0 Å². The van der Waals surface area contributed by atoms with Crippen molar-refractivity contribution >= 4 is 11.5 Å². The van der Waals surface area contributed by atoms with Crippen LogP contribution in [0.3, 0.4) is 0 Å². The van der Waals surface area contributed by atoms with Crippen LogP contribution in [0.5, 0.6) is 0 Å². The summed E-state index contributed by atoms with van der Waals surface area (Å²) in [5, 5.41) is 17.0. The number of halogens is 3. The second-order valence-electron chi connectivity index (χ2n) is 8.43. The molecule has 1 fully saturated rings. The molecule has 0 saturated heterocycles. The Labute approximate surface area is 174 Å². The van der Waals surface area contributed by atoms with E-state index in [4.69, 9.17) is 15.9 Å². The summed E-state index contributed by atoms with van der Waals surface area (Å²) in [6, 6.07) is 6.89. The number of amidine groups is 1. The van der Waals surface area contributed by atoms with Gasteiger partial charge in [-0.1, -0.05) is 19.4 Å². The van der Waals surface area contributed by atoms with Crippen molar-refractivity contribution < 1.29 is 17.9 Å². The van der Waals surface area contributed by atoms with Gasteiger partial charge in [0.05, 0.1) is 35.9 Å². The SMILES string of the molecule is CC[C@@H]1C[C@]2(CC[C@H]1OC)Cc1ccc(C#N)cc1[C@H]2N=C(CC(F)(F)F)C(=N)N. The van der Waals surface area contributed by atoms with Gasteiger partial charge in [0.2, 0.25) is 0 Å². The maximum atomic E-state index is 13.1. The molecule has 0 amide bonds. The number of rotatable bonds is 5. The topological polar surface area (TPSA) is 95.2 Å². The third-order valence-electron chi connectivity index (χ3n) is 6.60. The first-order chi connectivity index (χ1) is 14.1. The Balaban J connectivity index is 2.10. The Morgan fingerprint density at radius 1 is 1.43 bits per heavy atom. The van der Waals surface area contributed by atoms with E-state index < -0.39 is 30.2 Å². The average molecular weight is 420 g/mol. The van der Waals surface area contributed by atoms with Crippen molar-refractivity contribution in [3.63, 3.8) is 0 Å². The van der Waals surface area contributed by atoms with Gasteiger partial charge in [-0.3, -0.25) is 10.4 Å². The first kappa shape index (κ1) is 22.3. The highest BCUT2D eigenvalue weighted by Crippen LogP contribution is 2.58. The minimum absolute atomic E-state index is 0.117. The monoisotopic (exact) mass is 420 g/mol. The van der Waals surface area contributed by atoms with Gasteiger partial charge in [0.1, 0.15) is 5.84 Å². The highest BCUT2D eigenvalue weighted by Gasteiger charge is 2.51. The van der Waals surface area contributed by atoms with E-state index in [9.17, 15) is 18.4 Å². The third kappa shape index (κ3) is 4.36. The maximum Gasteiger partial charge on any atom is 0.394 e. The average Bonchev–Trinajstić information content (AvgIpc) is 2.98. The molecule has 30 heavy (non-hydrogen) atoms. The van der Waals surface area contributed by atoms with Crippen molar-refractivity contribution in [3.8, 4) is 6.07 Å². The molecule has 4 atom stereocenters. The fraction of sp³-hybridized carbons (Fsp3) is 0.591. The van der Waals surface area contributed by atoms with Crippen LogP contribution in [0.4, 0.5) is 13.2 Å². The van der Waals surface area contributed by atoms with Crippen molar-refractivity contribution in [2.45, 2.75) is 63.8 Å². The van der Waals surface area contributed by atoms with E-state index in [1.54, 1.807) is 19.2 Å². The molecule has 0 bridgehead atoms. The zero-order valence-corrected chi connectivity index (χ0v) is 17.2. The van der Waals surface area contributed by atoms with Crippen molar-refractivity contribution in [3.05, 3.63) is 34.9 Å². The molecule has 3 rings (SSSR count). The molecule has 1 spiro atoms. The lowest BCUT2D eigenvalue weighted by Gasteiger charge is -2.44. The number of nitrogens with one attached hydrogen (secondary N) is 1. The number of ether oxygens (including phenoxy) is 1. The van der Waals surface area contributed by atoms with E-state index in [0.29, 0.717) is 12.0 Å². The number of hydrogen-bond acceptors (Lipinski definition) is 4. The molecular formula is C22H27F3N4O. The van der Waals surface area contributed by atoms with Gasteiger partial charge in [-0.25, -0.2) is 0 Å². The van der Waals surface area contributed by atoms with Crippen LogP contribution < -0.4 is 5.73 Å². The second kappa shape index (κ2) is 8.38. The fourth-order valence-electron chi connectivity index (χ4n) is 5.20. The molecule has 0 aliphatic heterocycles. The number of benzene rings is 1. The van der Waals surface area contributed by atoms with E-state index in [1.807, 2.05) is 6.07 Å². The fourth-order valence-corrected chi connectivity index (χ4v) is 5.20. The Kier molecular flexibility index (Phi) is 6.23. The number of nitriles is 1. The molecule has 0 radical (unpaired) electrons. The lowest BCUT2D eigenvalue weighted by molar-refractivity contribution is -0.121. The maximum absolute atomic E-state index is 13.1. The minimum atomic E-state index is -4.51. The molecule has 1 aromatic carbocycles. The number of methoxy groups -OCH3 is 1. The van der Waals surface area contributed by atoms with Gasteiger partial charge in [0, 0.05) is 12.5 Å². The van der Waals surface area contributed by atoms with Crippen molar-refractivity contribution in [2.75, 3.05) is 7.11 Å². The molecule has 0 aromatic heterocycles. The van der Waals surface area contributed by atoms with Crippen LogP contribution in [-0.2, 0) is 11.2 Å². The largest absolute Gasteiger partial charge is 0.394 e. The molecule has 8 heteroatoms. The Hall–Kier alpha value is -2.40. The number of fused-ring (bicyclic) bond motifs is 1. The van der Waals surface area contributed by atoms with Crippen LogP contribution in [0.1, 0.15) is 61.8 Å². The van der Waals surface area contributed by atoms with Crippen molar-refractivity contribution in [2.24, 2.45) is 22.1 Å². The third-order valence-corrected chi connectivity index (χ3v) is 6.60. The summed E-state index contributed by atoms with van der Waals surface area (Å²) in [5.74, 6) is -0.389. The highest BCUT2D eigenvalue weighted by molar-refractivity contribution is 6.39. The van der Waals surface area contributed by atoms with Gasteiger partial charge < -0.3 is 10.5 Å². The highest BCUT2D eigenvalue weighted by atomic mass is 19.4. The predicted molar refractivity (Wildman–Crippen MR) is 108 cm³/mol.